The molecule has 2 N–H and O–H groups in total. The molecule has 1 amide bonds. The first-order valence-electron chi connectivity index (χ1n) is 7.66. The Morgan fingerprint density at radius 2 is 1.88 bits per heavy atom. The number of amides is 1. The number of hydrogen-bond donors (Lipinski definition) is 2. The van der Waals surface area contributed by atoms with Crippen LogP contribution in [0.15, 0.2) is 34.5 Å². The number of hydrogen-bond acceptors (Lipinski definition) is 4. The lowest BCUT2D eigenvalue weighted by atomic mass is 10.2. The fourth-order valence-electron chi connectivity index (χ4n) is 2.23. The van der Waals surface area contributed by atoms with Crippen LogP contribution in [0.4, 0.5) is 0 Å². The lowest BCUT2D eigenvalue weighted by Gasteiger charge is -2.10. The van der Waals surface area contributed by atoms with E-state index in [4.69, 9.17) is 0 Å². The van der Waals surface area contributed by atoms with Gasteiger partial charge in [0.25, 0.3) is 0 Å². The zero-order valence-corrected chi connectivity index (χ0v) is 15.7. The number of sulfonamides is 1. The first kappa shape index (κ1) is 18.6. The molecule has 1 aromatic heterocycles. The Hall–Kier alpha value is -1.70. The molecule has 0 fully saturated rings. The molecule has 0 saturated heterocycles. The minimum absolute atomic E-state index is 0.0744. The first-order valence-corrected chi connectivity index (χ1v) is 10.0. The van der Waals surface area contributed by atoms with Crippen molar-refractivity contribution in [2.24, 2.45) is 0 Å². The molecule has 24 heavy (non-hydrogen) atoms. The van der Waals surface area contributed by atoms with Crippen LogP contribution in [-0.4, -0.2) is 20.9 Å². The monoisotopic (exact) mass is 366 g/mol. The zero-order valence-electron chi connectivity index (χ0n) is 14.0. The highest BCUT2D eigenvalue weighted by molar-refractivity contribution is 7.89. The highest BCUT2D eigenvalue weighted by Gasteiger charge is 2.17. The van der Waals surface area contributed by atoms with Gasteiger partial charge in [0.1, 0.15) is 0 Å². The number of nitrogens with one attached hydrogen (secondary N) is 2. The number of thiophene rings is 1. The molecule has 0 bridgehead atoms. The predicted molar refractivity (Wildman–Crippen MR) is 96.6 cm³/mol. The lowest BCUT2D eigenvalue weighted by Crippen LogP contribution is -2.30. The highest BCUT2D eigenvalue weighted by atomic mass is 32.2. The van der Waals surface area contributed by atoms with Crippen LogP contribution in [0.2, 0.25) is 0 Å². The van der Waals surface area contributed by atoms with E-state index >= 15 is 0 Å². The normalized spacial score (nSPS) is 11.5. The smallest absolute Gasteiger partial charge is 0.240 e. The summed E-state index contributed by atoms with van der Waals surface area (Å²) in [7, 11) is -3.60. The second-order valence-electron chi connectivity index (χ2n) is 5.72. The van der Waals surface area contributed by atoms with Crippen LogP contribution in [0.3, 0.4) is 0 Å². The van der Waals surface area contributed by atoms with Gasteiger partial charge >= 0.3 is 0 Å². The zero-order chi connectivity index (χ0) is 17.7. The van der Waals surface area contributed by atoms with E-state index in [0.717, 1.165) is 16.0 Å². The molecule has 0 radical (unpaired) electrons. The summed E-state index contributed by atoms with van der Waals surface area (Å²) in [6, 6.07) is 7.29. The second kappa shape index (κ2) is 7.92. The third kappa shape index (κ3) is 4.90. The van der Waals surface area contributed by atoms with Crippen LogP contribution in [0, 0.1) is 20.8 Å². The van der Waals surface area contributed by atoms with Crippen molar-refractivity contribution < 1.29 is 13.2 Å². The van der Waals surface area contributed by atoms with Gasteiger partial charge in [-0.1, -0.05) is 12.1 Å². The number of benzene rings is 1. The molecule has 2 aromatic rings. The van der Waals surface area contributed by atoms with Crippen molar-refractivity contribution >= 4 is 27.3 Å². The SMILES string of the molecule is Cc1ccc(C)c(S(=O)(=O)NCCC(=O)NCc2sccc2C)c1. The van der Waals surface area contributed by atoms with Crippen molar-refractivity contribution in [3.63, 3.8) is 0 Å². The number of carbonyl (C=O) groups is 1. The molecule has 0 saturated carbocycles. The maximum atomic E-state index is 12.3. The van der Waals surface area contributed by atoms with Crippen molar-refractivity contribution in [1.82, 2.24) is 10.0 Å². The van der Waals surface area contributed by atoms with Crippen LogP contribution in [0.5, 0.6) is 0 Å². The van der Waals surface area contributed by atoms with E-state index in [2.05, 4.69) is 10.0 Å². The van der Waals surface area contributed by atoms with Crippen LogP contribution >= 0.6 is 11.3 Å². The molecule has 0 aliphatic carbocycles. The van der Waals surface area contributed by atoms with Gasteiger partial charge < -0.3 is 5.32 Å². The molecule has 0 aliphatic heterocycles. The predicted octanol–water partition coefficient (Wildman–Crippen LogP) is 2.66. The molecular weight excluding hydrogens is 344 g/mol. The van der Waals surface area contributed by atoms with E-state index in [1.807, 2.05) is 31.4 Å². The van der Waals surface area contributed by atoms with Gasteiger partial charge in [-0.3, -0.25) is 4.79 Å². The molecule has 0 atom stereocenters. The Morgan fingerprint density at radius 3 is 2.54 bits per heavy atom. The number of aryl methyl sites for hydroxylation is 3. The summed E-state index contributed by atoms with van der Waals surface area (Å²) in [5.74, 6) is -0.175. The Labute approximate surface area is 147 Å². The molecule has 7 heteroatoms. The minimum atomic E-state index is -3.60. The summed E-state index contributed by atoms with van der Waals surface area (Å²) in [5, 5.41) is 4.79. The Bertz CT molecular complexity index is 826. The summed E-state index contributed by atoms with van der Waals surface area (Å²) in [4.78, 5) is 13.2. The lowest BCUT2D eigenvalue weighted by molar-refractivity contribution is -0.121. The van der Waals surface area contributed by atoms with Gasteiger partial charge in [0.15, 0.2) is 0 Å². The van der Waals surface area contributed by atoms with Crippen LogP contribution < -0.4 is 10.0 Å². The summed E-state index contributed by atoms with van der Waals surface area (Å²) in [6.45, 7) is 6.15. The van der Waals surface area contributed by atoms with Gasteiger partial charge in [-0.05, 0) is 55.0 Å². The van der Waals surface area contributed by atoms with Crippen molar-refractivity contribution in [2.45, 2.75) is 38.6 Å². The Morgan fingerprint density at radius 1 is 1.12 bits per heavy atom. The summed E-state index contributed by atoms with van der Waals surface area (Å²) >= 11 is 1.59. The van der Waals surface area contributed by atoms with E-state index in [1.165, 1.54) is 0 Å². The van der Waals surface area contributed by atoms with Gasteiger partial charge in [-0.2, -0.15) is 0 Å². The largest absolute Gasteiger partial charge is 0.351 e. The van der Waals surface area contributed by atoms with Gasteiger partial charge in [0, 0.05) is 17.8 Å². The molecule has 0 aliphatic rings. The summed E-state index contributed by atoms with van der Waals surface area (Å²) in [6.07, 6.45) is 0.106. The van der Waals surface area contributed by atoms with E-state index in [0.29, 0.717) is 12.1 Å². The van der Waals surface area contributed by atoms with Gasteiger partial charge in [0.05, 0.1) is 11.4 Å². The fraction of sp³-hybridized carbons (Fsp3) is 0.353. The number of rotatable bonds is 7. The Balaban J connectivity index is 1.85. The van der Waals surface area contributed by atoms with Gasteiger partial charge in [-0.15, -0.1) is 11.3 Å². The highest BCUT2D eigenvalue weighted by Crippen LogP contribution is 2.16. The third-order valence-electron chi connectivity index (χ3n) is 3.69. The van der Waals surface area contributed by atoms with E-state index in [9.17, 15) is 13.2 Å². The van der Waals surface area contributed by atoms with Crippen LogP contribution in [0.1, 0.15) is 28.0 Å². The van der Waals surface area contributed by atoms with Crippen LogP contribution in [0.25, 0.3) is 0 Å². The van der Waals surface area contributed by atoms with E-state index in [1.54, 1.807) is 30.4 Å². The average Bonchev–Trinajstić information content (AvgIpc) is 2.92. The van der Waals surface area contributed by atoms with E-state index < -0.39 is 10.0 Å². The minimum Gasteiger partial charge on any atom is -0.351 e. The molecule has 5 nitrogen and oxygen atoms in total. The molecule has 130 valence electrons. The molecule has 0 spiro atoms. The second-order valence-corrected chi connectivity index (χ2v) is 8.46. The van der Waals surface area contributed by atoms with Crippen LogP contribution in [-0.2, 0) is 21.4 Å². The quantitative estimate of drug-likeness (QED) is 0.791. The standard InChI is InChI=1S/C17H22N2O3S2/c1-12-4-5-14(3)16(10-12)24(21,22)19-8-6-17(20)18-11-15-13(2)7-9-23-15/h4-5,7,9-10,19H,6,8,11H2,1-3H3,(H,18,20). The maximum Gasteiger partial charge on any atom is 0.240 e. The topological polar surface area (TPSA) is 75.3 Å². The molecule has 1 heterocycles. The van der Waals surface area contributed by atoms with Gasteiger partial charge in [-0.25, -0.2) is 13.1 Å². The van der Waals surface area contributed by atoms with E-state index in [-0.39, 0.29) is 23.8 Å². The van der Waals surface area contributed by atoms with Crippen molar-refractivity contribution in [3.05, 3.63) is 51.2 Å². The number of carbonyl (C=O) groups excluding carboxylic acids is 1. The molecule has 0 unspecified atom stereocenters. The van der Waals surface area contributed by atoms with Gasteiger partial charge in [0.2, 0.25) is 15.9 Å². The molecule has 1 aromatic carbocycles. The fourth-order valence-corrected chi connectivity index (χ4v) is 4.43. The van der Waals surface area contributed by atoms with Crippen molar-refractivity contribution in [1.29, 1.82) is 0 Å². The Kier molecular flexibility index (Phi) is 6.15. The summed E-state index contributed by atoms with van der Waals surface area (Å²) in [5.41, 5.74) is 2.71. The van der Waals surface area contributed by atoms with Crippen molar-refractivity contribution in [2.75, 3.05) is 6.54 Å². The molecular formula is C17H22N2O3S2. The summed E-state index contributed by atoms with van der Waals surface area (Å²) < 4.78 is 27.2. The third-order valence-corrected chi connectivity index (χ3v) is 6.32. The first-order chi connectivity index (χ1) is 11.3. The molecule has 2 rings (SSSR count). The average molecular weight is 367 g/mol. The maximum absolute atomic E-state index is 12.3. The van der Waals surface area contributed by atoms with Crippen molar-refractivity contribution in [3.8, 4) is 0 Å².